The van der Waals surface area contributed by atoms with E-state index in [1.165, 1.54) is 16.7 Å². The number of hydrogen-bond acceptors (Lipinski definition) is 1. The molecule has 0 radical (unpaired) electrons. The molecule has 2 nitrogen and oxygen atoms in total. The van der Waals surface area contributed by atoms with Crippen molar-refractivity contribution in [2.75, 3.05) is 0 Å². The molecule has 0 atom stereocenters. The van der Waals surface area contributed by atoms with Crippen molar-refractivity contribution in [1.82, 2.24) is 4.98 Å². The van der Waals surface area contributed by atoms with Crippen molar-refractivity contribution in [2.45, 2.75) is 27.7 Å². The van der Waals surface area contributed by atoms with E-state index in [9.17, 15) is 4.79 Å². The summed E-state index contributed by atoms with van der Waals surface area (Å²) in [7, 11) is 0. The van der Waals surface area contributed by atoms with E-state index in [2.05, 4.69) is 63.0 Å². The average Bonchev–Trinajstić information content (AvgIpc) is 2.76. The molecule has 0 amide bonds. The first-order valence-corrected chi connectivity index (χ1v) is 7.17. The normalized spacial score (nSPS) is 11.0. The molecule has 2 aromatic carbocycles. The number of H-pyrrole nitrogens is 1. The fourth-order valence-corrected chi connectivity index (χ4v) is 3.18. The summed E-state index contributed by atoms with van der Waals surface area (Å²) in [6, 6.07) is 10.5. The summed E-state index contributed by atoms with van der Waals surface area (Å²) in [5, 5.41) is 1.03. The van der Waals surface area contributed by atoms with Crippen molar-refractivity contribution >= 4 is 17.2 Å². The van der Waals surface area contributed by atoms with Crippen LogP contribution < -0.4 is 0 Å². The van der Waals surface area contributed by atoms with Crippen LogP contribution in [0.2, 0.25) is 0 Å². The van der Waals surface area contributed by atoms with Gasteiger partial charge in [0.2, 0.25) is 0 Å². The topological polar surface area (TPSA) is 32.9 Å². The lowest BCUT2D eigenvalue weighted by Crippen LogP contribution is -1.89. The number of carbonyl (C=O) groups is 1. The monoisotopic (exact) mass is 277 g/mol. The molecule has 106 valence electrons. The van der Waals surface area contributed by atoms with Crippen molar-refractivity contribution in [3.05, 3.63) is 58.1 Å². The number of aryl methyl sites for hydroxylation is 4. The molecule has 0 aliphatic rings. The second-order valence-electron chi connectivity index (χ2n) is 5.85. The van der Waals surface area contributed by atoms with Gasteiger partial charge < -0.3 is 4.98 Å². The van der Waals surface area contributed by atoms with E-state index in [1.807, 2.05) is 0 Å². The average molecular weight is 277 g/mol. The van der Waals surface area contributed by atoms with Gasteiger partial charge in [-0.25, -0.2) is 0 Å². The van der Waals surface area contributed by atoms with Crippen LogP contribution in [0.1, 0.15) is 32.6 Å². The van der Waals surface area contributed by atoms with E-state index in [1.54, 1.807) is 0 Å². The molecule has 0 spiro atoms. The lowest BCUT2D eigenvalue weighted by atomic mass is 9.98. The summed E-state index contributed by atoms with van der Waals surface area (Å²) < 4.78 is 0. The molecule has 1 N–H and O–H groups in total. The Labute approximate surface area is 124 Å². The van der Waals surface area contributed by atoms with Gasteiger partial charge in [-0.05, 0) is 50.5 Å². The Morgan fingerprint density at radius 3 is 2.29 bits per heavy atom. The third-order valence-electron chi connectivity index (χ3n) is 4.05. The maximum Gasteiger partial charge on any atom is 0.152 e. The number of aldehydes is 1. The number of hydrogen-bond donors (Lipinski definition) is 1. The Morgan fingerprint density at radius 1 is 0.905 bits per heavy atom. The van der Waals surface area contributed by atoms with E-state index in [4.69, 9.17) is 0 Å². The van der Waals surface area contributed by atoms with Crippen LogP contribution in [0.15, 0.2) is 30.3 Å². The highest BCUT2D eigenvalue weighted by molar-refractivity contribution is 6.06. The van der Waals surface area contributed by atoms with Gasteiger partial charge >= 0.3 is 0 Å². The van der Waals surface area contributed by atoms with Crippen LogP contribution in [0.25, 0.3) is 22.2 Å². The molecule has 0 fully saturated rings. The highest BCUT2D eigenvalue weighted by Crippen LogP contribution is 2.33. The summed E-state index contributed by atoms with van der Waals surface area (Å²) in [5.41, 5.74) is 8.55. The van der Waals surface area contributed by atoms with Crippen LogP contribution >= 0.6 is 0 Å². The van der Waals surface area contributed by atoms with Crippen LogP contribution in [-0.4, -0.2) is 11.3 Å². The molecule has 3 rings (SSSR count). The molecule has 0 bridgehead atoms. The number of rotatable bonds is 2. The first-order chi connectivity index (χ1) is 10.0. The number of benzene rings is 2. The summed E-state index contributed by atoms with van der Waals surface area (Å²) in [6.07, 6.45) is 0.968. The molecule has 0 aliphatic heterocycles. The van der Waals surface area contributed by atoms with Crippen molar-refractivity contribution in [3.63, 3.8) is 0 Å². The quantitative estimate of drug-likeness (QED) is 0.665. The highest BCUT2D eigenvalue weighted by Gasteiger charge is 2.16. The van der Waals surface area contributed by atoms with E-state index in [0.717, 1.165) is 39.6 Å². The Bertz CT molecular complexity index is 856. The SMILES string of the molecule is Cc1ccc(-c2[nH]c3cc(C)cc(C)c3c2C=O)c(C)c1. The van der Waals surface area contributed by atoms with Gasteiger partial charge in [-0.3, -0.25) is 4.79 Å². The summed E-state index contributed by atoms with van der Waals surface area (Å²) in [4.78, 5) is 15.1. The lowest BCUT2D eigenvalue weighted by molar-refractivity contribution is 0.112. The van der Waals surface area contributed by atoms with Crippen LogP contribution in [0, 0.1) is 27.7 Å². The van der Waals surface area contributed by atoms with Gasteiger partial charge in [0, 0.05) is 22.0 Å². The fourth-order valence-electron chi connectivity index (χ4n) is 3.18. The number of aromatic nitrogens is 1. The predicted octanol–water partition coefficient (Wildman–Crippen LogP) is 4.88. The smallest absolute Gasteiger partial charge is 0.152 e. The standard InChI is InChI=1S/C19H19NO/c1-11-5-6-15(13(3)7-11)19-16(10-21)18-14(4)8-12(2)9-17(18)20-19/h5-10,20H,1-4H3. The molecule has 21 heavy (non-hydrogen) atoms. The maximum absolute atomic E-state index is 11.7. The molecular formula is C19H19NO. The minimum atomic E-state index is 0.759. The maximum atomic E-state index is 11.7. The molecule has 0 unspecified atom stereocenters. The molecule has 0 saturated carbocycles. The van der Waals surface area contributed by atoms with E-state index in [-0.39, 0.29) is 0 Å². The van der Waals surface area contributed by atoms with E-state index < -0.39 is 0 Å². The van der Waals surface area contributed by atoms with Gasteiger partial charge in [-0.2, -0.15) is 0 Å². The third kappa shape index (κ3) is 2.17. The Hall–Kier alpha value is -2.35. The summed E-state index contributed by atoms with van der Waals surface area (Å²) in [6.45, 7) is 8.29. The van der Waals surface area contributed by atoms with E-state index >= 15 is 0 Å². The summed E-state index contributed by atoms with van der Waals surface area (Å²) in [5.74, 6) is 0. The van der Waals surface area contributed by atoms with Gasteiger partial charge in [0.05, 0.1) is 5.69 Å². The van der Waals surface area contributed by atoms with Crippen molar-refractivity contribution < 1.29 is 4.79 Å². The second kappa shape index (κ2) is 4.88. The van der Waals surface area contributed by atoms with Gasteiger partial charge in [0.15, 0.2) is 6.29 Å². The Balaban J connectivity index is 2.37. The van der Waals surface area contributed by atoms with Crippen LogP contribution in [0.3, 0.4) is 0 Å². The van der Waals surface area contributed by atoms with Crippen molar-refractivity contribution in [2.24, 2.45) is 0 Å². The predicted molar refractivity (Wildman–Crippen MR) is 88.1 cm³/mol. The molecule has 0 saturated heterocycles. The van der Waals surface area contributed by atoms with Crippen LogP contribution in [0.5, 0.6) is 0 Å². The number of carbonyl (C=O) groups excluding carboxylic acids is 1. The molecule has 2 heteroatoms. The zero-order valence-electron chi connectivity index (χ0n) is 12.9. The first kappa shape index (κ1) is 13.6. The van der Waals surface area contributed by atoms with Gasteiger partial charge in [-0.15, -0.1) is 0 Å². The minimum absolute atomic E-state index is 0.759. The third-order valence-corrected chi connectivity index (χ3v) is 4.05. The van der Waals surface area contributed by atoms with Gasteiger partial charge in [0.25, 0.3) is 0 Å². The highest BCUT2D eigenvalue weighted by atomic mass is 16.1. The van der Waals surface area contributed by atoms with Crippen LogP contribution in [0.4, 0.5) is 0 Å². The number of aromatic amines is 1. The first-order valence-electron chi connectivity index (χ1n) is 7.17. The van der Waals surface area contributed by atoms with E-state index in [0.29, 0.717) is 0 Å². The fraction of sp³-hybridized carbons (Fsp3) is 0.211. The van der Waals surface area contributed by atoms with Crippen molar-refractivity contribution in [1.29, 1.82) is 0 Å². The Morgan fingerprint density at radius 2 is 1.62 bits per heavy atom. The molecular weight excluding hydrogens is 258 g/mol. The van der Waals surface area contributed by atoms with Gasteiger partial charge in [-0.1, -0.05) is 29.8 Å². The molecule has 1 heterocycles. The molecule has 0 aliphatic carbocycles. The van der Waals surface area contributed by atoms with Crippen LogP contribution in [-0.2, 0) is 0 Å². The number of fused-ring (bicyclic) bond motifs is 1. The second-order valence-corrected chi connectivity index (χ2v) is 5.85. The summed E-state index contributed by atoms with van der Waals surface area (Å²) >= 11 is 0. The number of nitrogens with one attached hydrogen (secondary N) is 1. The Kier molecular flexibility index (Phi) is 3.17. The zero-order valence-corrected chi connectivity index (χ0v) is 12.9. The molecule has 1 aromatic heterocycles. The lowest BCUT2D eigenvalue weighted by Gasteiger charge is -2.06. The van der Waals surface area contributed by atoms with Crippen molar-refractivity contribution in [3.8, 4) is 11.3 Å². The van der Waals surface area contributed by atoms with Gasteiger partial charge in [0.1, 0.15) is 0 Å². The zero-order chi connectivity index (χ0) is 15.1. The largest absolute Gasteiger partial charge is 0.354 e. The minimum Gasteiger partial charge on any atom is -0.354 e. The molecule has 3 aromatic rings.